The highest BCUT2D eigenvalue weighted by Crippen LogP contribution is 2.28. The fraction of sp³-hybridized carbons (Fsp3) is 0.565. The second-order valence-electron chi connectivity index (χ2n) is 8.65. The van der Waals surface area contributed by atoms with Crippen molar-refractivity contribution in [1.29, 1.82) is 0 Å². The van der Waals surface area contributed by atoms with Crippen molar-refractivity contribution in [2.45, 2.75) is 44.4 Å². The van der Waals surface area contributed by atoms with Crippen molar-refractivity contribution in [1.82, 2.24) is 9.29 Å². The van der Waals surface area contributed by atoms with Gasteiger partial charge in [-0.3, -0.25) is 4.79 Å². The molecule has 0 amide bonds. The van der Waals surface area contributed by atoms with Crippen molar-refractivity contribution in [3.63, 3.8) is 0 Å². The summed E-state index contributed by atoms with van der Waals surface area (Å²) in [5.74, 6) is 1.10. The Morgan fingerprint density at radius 1 is 1.13 bits per heavy atom. The van der Waals surface area contributed by atoms with Gasteiger partial charge in [-0.2, -0.15) is 4.31 Å². The van der Waals surface area contributed by atoms with Crippen molar-refractivity contribution >= 4 is 32.7 Å². The van der Waals surface area contributed by atoms with E-state index in [1.54, 1.807) is 22.5 Å². The number of sulfonamides is 1. The molecule has 2 saturated heterocycles. The summed E-state index contributed by atoms with van der Waals surface area (Å²) in [6, 6.07) is 8.99. The normalized spacial score (nSPS) is 21.4. The molecule has 2 aromatic rings. The van der Waals surface area contributed by atoms with Crippen LogP contribution in [0, 0.1) is 11.8 Å². The minimum absolute atomic E-state index is 0.133. The molecule has 0 radical (unpaired) electrons. The molecule has 2 fully saturated rings. The Balaban J connectivity index is 1.54. The third-order valence-electron chi connectivity index (χ3n) is 6.39. The molecule has 168 valence electrons. The summed E-state index contributed by atoms with van der Waals surface area (Å²) < 4.78 is 32.9. The molecule has 4 rings (SSSR count). The average molecular weight is 446 g/mol. The number of fused-ring (bicyclic) bond motifs is 1. The predicted octanol–water partition coefficient (Wildman–Crippen LogP) is 3.43. The summed E-state index contributed by atoms with van der Waals surface area (Å²) in [6.45, 7) is 6.98. The van der Waals surface area contributed by atoms with E-state index in [1.807, 2.05) is 19.1 Å². The molecule has 0 N–H and O–H groups in total. The Kier molecular flexibility index (Phi) is 6.48. The SMILES string of the molecule is CCOC(=O)[C@H]1CCCN(c2ccc3cc(S(=O)(=O)N4CCC(C)CC4)ccc3n2)C1. The van der Waals surface area contributed by atoms with Gasteiger partial charge in [-0.15, -0.1) is 0 Å². The van der Waals surface area contributed by atoms with Gasteiger partial charge >= 0.3 is 5.97 Å². The maximum Gasteiger partial charge on any atom is 0.310 e. The van der Waals surface area contributed by atoms with E-state index in [9.17, 15) is 13.2 Å². The molecular weight excluding hydrogens is 414 g/mol. The van der Waals surface area contributed by atoms with Crippen LogP contribution in [0.15, 0.2) is 35.2 Å². The maximum absolute atomic E-state index is 13.1. The molecule has 2 aliphatic rings. The van der Waals surface area contributed by atoms with Crippen LogP contribution < -0.4 is 4.90 Å². The van der Waals surface area contributed by atoms with Gasteiger partial charge < -0.3 is 9.64 Å². The van der Waals surface area contributed by atoms with Gasteiger partial charge in [0.2, 0.25) is 10.0 Å². The lowest BCUT2D eigenvalue weighted by molar-refractivity contribution is -0.148. The first-order valence-electron chi connectivity index (χ1n) is 11.2. The molecule has 0 unspecified atom stereocenters. The van der Waals surface area contributed by atoms with Crippen LogP contribution in [0.5, 0.6) is 0 Å². The monoisotopic (exact) mass is 445 g/mol. The maximum atomic E-state index is 13.1. The number of rotatable bonds is 5. The topological polar surface area (TPSA) is 79.8 Å². The minimum atomic E-state index is -3.49. The number of nitrogens with zero attached hydrogens (tertiary/aromatic N) is 3. The lowest BCUT2D eigenvalue weighted by Gasteiger charge is -2.32. The van der Waals surface area contributed by atoms with E-state index >= 15 is 0 Å². The molecule has 7 nitrogen and oxygen atoms in total. The van der Waals surface area contributed by atoms with E-state index in [4.69, 9.17) is 9.72 Å². The Bertz CT molecular complexity index is 1050. The number of hydrogen-bond acceptors (Lipinski definition) is 6. The van der Waals surface area contributed by atoms with Crippen molar-refractivity contribution in [3.8, 4) is 0 Å². The third kappa shape index (κ3) is 4.70. The molecular formula is C23H31N3O4S. The van der Waals surface area contributed by atoms with Gasteiger partial charge in [0.05, 0.1) is 22.9 Å². The number of hydrogen-bond donors (Lipinski definition) is 0. The van der Waals surface area contributed by atoms with Gasteiger partial charge in [-0.05, 0) is 68.9 Å². The zero-order valence-corrected chi connectivity index (χ0v) is 19.1. The third-order valence-corrected chi connectivity index (χ3v) is 8.29. The lowest BCUT2D eigenvalue weighted by Crippen LogP contribution is -2.39. The summed E-state index contributed by atoms with van der Waals surface area (Å²) in [4.78, 5) is 19.3. The second kappa shape index (κ2) is 9.12. The summed E-state index contributed by atoms with van der Waals surface area (Å²) in [6.07, 6.45) is 3.55. The number of carbonyl (C=O) groups excluding carboxylic acids is 1. The van der Waals surface area contributed by atoms with E-state index in [0.717, 1.165) is 48.9 Å². The first kappa shape index (κ1) is 22.0. The molecule has 0 aliphatic carbocycles. The summed E-state index contributed by atoms with van der Waals surface area (Å²) in [5.41, 5.74) is 0.752. The molecule has 2 aliphatic heterocycles. The van der Waals surface area contributed by atoms with Crippen molar-refractivity contribution < 1.29 is 17.9 Å². The fourth-order valence-corrected chi connectivity index (χ4v) is 5.95. The van der Waals surface area contributed by atoms with Crippen molar-refractivity contribution in [2.75, 3.05) is 37.7 Å². The molecule has 8 heteroatoms. The Morgan fingerprint density at radius 3 is 2.65 bits per heavy atom. The highest BCUT2D eigenvalue weighted by atomic mass is 32.2. The van der Waals surface area contributed by atoms with Crippen LogP contribution in [-0.4, -0.2) is 56.5 Å². The zero-order chi connectivity index (χ0) is 22.0. The fourth-order valence-electron chi connectivity index (χ4n) is 4.44. The molecule has 1 aromatic carbocycles. The van der Waals surface area contributed by atoms with Gasteiger partial charge in [-0.1, -0.05) is 6.92 Å². The van der Waals surface area contributed by atoms with Crippen LogP contribution >= 0.6 is 0 Å². The number of piperidine rings is 2. The number of esters is 1. The Hall–Kier alpha value is -2.19. The average Bonchev–Trinajstić information content (AvgIpc) is 2.79. The van der Waals surface area contributed by atoms with Crippen LogP contribution in [0.25, 0.3) is 10.9 Å². The van der Waals surface area contributed by atoms with E-state index < -0.39 is 10.0 Å². The first-order valence-corrected chi connectivity index (χ1v) is 12.6. The van der Waals surface area contributed by atoms with Gasteiger partial charge in [0.15, 0.2) is 0 Å². The van der Waals surface area contributed by atoms with Crippen molar-refractivity contribution in [3.05, 3.63) is 30.3 Å². The molecule has 0 spiro atoms. The van der Waals surface area contributed by atoms with Crippen LogP contribution in [0.3, 0.4) is 0 Å². The number of anilines is 1. The number of pyridine rings is 1. The largest absolute Gasteiger partial charge is 0.466 e. The number of aromatic nitrogens is 1. The van der Waals surface area contributed by atoms with Gasteiger partial charge in [0.25, 0.3) is 0 Å². The Morgan fingerprint density at radius 2 is 1.90 bits per heavy atom. The highest BCUT2D eigenvalue weighted by Gasteiger charge is 2.29. The van der Waals surface area contributed by atoms with Gasteiger partial charge in [0, 0.05) is 31.6 Å². The van der Waals surface area contributed by atoms with E-state index in [1.165, 1.54) is 0 Å². The van der Waals surface area contributed by atoms with Crippen molar-refractivity contribution in [2.24, 2.45) is 11.8 Å². The van der Waals surface area contributed by atoms with Gasteiger partial charge in [-0.25, -0.2) is 13.4 Å². The standard InChI is InChI=1S/C23H31N3O4S/c1-3-30-23(27)19-5-4-12-25(16-19)22-9-6-18-15-20(7-8-21(18)24-22)31(28,29)26-13-10-17(2)11-14-26/h6-9,15,17,19H,3-5,10-14,16H2,1-2H3/t19-/m0/s1. The first-order chi connectivity index (χ1) is 14.9. The predicted molar refractivity (Wildman–Crippen MR) is 120 cm³/mol. The number of ether oxygens (including phenoxy) is 1. The summed E-state index contributed by atoms with van der Waals surface area (Å²) >= 11 is 0. The molecule has 1 atom stereocenters. The van der Waals surface area contributed by atoms with Crippen LogP contribution in [0.1, 0.15) is 39.5 Å². The molecule has 0 saturated carbocycles. The van der Waals surface area contributed by atoms with Crippen LogP contribution in [0.4, 0.5) is 5.82 Å². The van der Waals surface area contributed by atoms with E-state index in [2.05, 4.69) is 11.8 Å². The summed E-state index contributed by atoms with van der Waals surface area (Å²) in [5, 5.41) is 0.800. The van der Waals surface area contributed by atoms with Gasteiger partial charge in [0.1, 0.15) is 5.82 Å². The molecule has 31 heavy (non-hydrogen) atoms. The lowest BCUT2D eigenvalue weighted by atomic mass is 9.98. The van der Waals surface area contributed by atoms with E-state index in [0.29, 0.717) is 37.1 Å². The number of carbonyl (C=O) groups is 1. The van der Waals surface area contributed by atoms with E-state index in [-0.39, 0.29) is 11.9 Å². The second-order valence-corrected chi connectivity index (χ2v) is 10.6. The minimum Gasteiger partial charge on any atom is -0.466 e. The zero-order valence-electron chi connectivity index (χ0n) is 18.3. The quantitative estimate of drug-likeness (QED) is 0.656. The molecule has 3 heterocycles. The molecule has 1 aromatic heterocycles. The smallest absolute Gasteiger partial charge is 0.310 e. The highest BCUT2D eigenvalue weighted by molar-refractivity contribution is 7.89. The number of benzene rings is 1. The molecule has 0 bridgehead atoms. The summed E-state index contributed by atoms with van der Waals surface area (Å²) in [7, 11) is -3.49. The van der Waals surface area contributed by atoms with Crippen LogP contribution in [0.2, 0.25) is 0 Å². The Labute approximate surface area is 184 Å². The van der Waals surface area contributed by atoms with Crippen LogP contribution in [-0.2, 0) is 19.6 Å².